The summed E-state index contributed by atoms with van der Waals surface area (Å²) in [5.41, 5.74) is 2.19. The highest BCUT2D eigenvalue weighted by atomic mass is 16.5. The molecule has 0 aliphatic heterocycles. The fraction of sp³-hybridized carbons (Fsp3) is 0.0588. The van der Waals surface area contributed by atoms with Crippen molar-refractivity contribution in [3.63, 3.8) is 0 Å². The fourth-order valence-electron chi connectivity index (χ4n) is 2.14. The van der Waals surface area contributed by atoms with Crippen LogP contribution < -0.4 is 4.74 Å². The highest BCUT2D eigenvalue weighted by Gasteiger charge is 2.05. The lowest BCUT2D eigenvalue weighted by Crippen LogP contribution is -1.88. The van der Waals surface area contributed by atoms with Crippen molar-refractivity contribution in [1.29, 1.82) is 0 Å². The van der Waals surface area contributed by atoms with Gasteiger partial charge in [-0.2, -0.15) is 0 Å². The number of ether oxygens (including phenoxy) is 1. The molecule has 0 aliphatic carbocycles. The van der Waals surface area contributed by atoms with Gasteiger partial charge in [0.2, 0.25) is 0 Å². The van der Waals surface area contributed by atoms with E-state index < -0.39 is 0 Å². The predicted molar refractivity (Wildman–Crippen MR) is 83.7 cm³/mol. The van der Waals surface area contributed by atoms with Crippen molar-refractivity contribution in [3.05, 3.63) is 60.3 Å². The lowest BCUT2D eigenvalue weighted by molar-refractivity contribution is 0.373. The fourth-order valence-corrected chi connectivity index (χ4v) is 2.14. The first-order chi connectivity index (χ1) is 10.3. The number of nitrogens with zero attached hydrogens (tertiary/aromatic N) is 2. The number of para-hydroxylation sites is 2. The zero-order valence-electron chi connectivity index (χ0n) is 11.5. The molecule has 0 atom stereocenters. The summed E-state index contributed by atoms with van der Waals surface area (Å²) in [6.45, 7) is 0. The highest BCUT2D eigenvalue weighted by Crippen LogP contribution is 2.29. The number of benzene rings is 2. The summed E-state index contributed by atoms with van der Waals surface area (Å²) in [6, 6.07) is 15.0. The van der Waals surface area contributed by atoms with E-state index in [2.05, 4.69) is 9.98 Å². The second kappa shape index (κ2) is 5.63. The van der Waals surface area contributed by atoms with Crippen LogP contribution in [-0.4, -0.2) is 23.4 Å². The Morgan fingerprint density at radius 3 is 2.76 bits per heavy atom. The Balaban J connectivity index is 2.03. The smallest absolute Gasteiger partial charge is 0.166 e. The highest BCUT2D eigenvalue weighted by molar-refractivity contribution is 5.93. The number of hydrogen-bond acceptors (Lipinski definition) is 4. The van der Waals surface area contributed by atoms with Crippen LogP contribution in [0.3, 0.4) is 0 Å². The maximum absolute atomic E-state index is 10.0. The van der Waals surface area contributed by atoms with E-state index in [1.54, 1.807) is 30.6 Å². The molecule has 0 aliphatic rings. The van der Waals surface area contributed by atoms with E-state index in [4.69, 9.17) is 4.74 Å². The lowest BCUT2D eigenvalue weighted by Gasteiger charge is -2.05. The Morgan fingerprint density at radius 2 is 1.90 bits per heavy atom. The van der Waals surface area contributed by atoms with Crippen molar-refractivity contribution in [2.45, 2.75) is 0 Å². The minimum atomic E-state index is 0.0805. The van der Waals surface area contributed by atoms with Crippen LogP contribution in [-0.2, 0) is 0 Å². The number of methoxy groups -OCH3 is 1. The Morgan fingerprint density at radius 1 is 1.10 bits per heavy atom. The van der Waals surface area contributed by atoms with Gasteiger partial charge in [0.05, 0.1) is 18.3 Å². The minimum Gasteiger partial charge on any atom is -0.504 e. The standard InChI is InChI=1S/C17H14N2O2/c1-21-15-9-3-6-13(17(15)20)11-19-14-8-2-5-12-7-4-10-18-16(12)14/h2-11,20H,1H3. The van der Waals surface area contributed by atoms with Crippen LogP contribution >= 0.6 is 0 Å². The molecule has 4 nitrogen and oxygen atoms in total. The molecular weight excluding hydrogens is 264 g/mol. The summed E-state index contributed by atoms with van der Waals surface area (Å²) in [5, 5.41) is 11.1. The molecule has 0 bridgehead atoms. The van der Waals surface area contributed by atoms with Gasteiger partial charge in [-0.05, 0) is 24.3 Å². The molecule has 1 aromatic heterocycles. The van der Waals surface area contributed by atoms with Gasteiger partial charge < -0.3 is 9.84 Å². The van der Waals surface area contributed by atoms with Gasteiger partial charge in [-0.1, -0.05) is 24.3 Å². The van der Waals surface area contributed by atoms with Crippen LogP contribution in [0, 0.1) is 0 Å². The minimum absolute atomic E-state index is 0.0805. The van der Waals surface area contributed by atoms with E-state index in [0.717, 1.165) is 16.6 Å². The molecule has 104 valence electrons. The molecule has 21 heavy (non-hydrogen) atoms. The number of hydrogen-bond donors (Lipinski definition) is 1. The van der Waals surface area contributed by atoms with Crippen molar-refractivity contribution in [3.8, 4) is 11.5 Å². The molecule has 0 spiro atoms. The SMILES string of the molecule is COc1cccc(C=Nc2cccc3cccnc23)c1O. The summed E-state index contributed by atoms with van der Waals surface area (Å²) in [7, 11) is 1.52. The van der Waals surface area contributed by atoms with Gasteiger partial charge in [0.15, 0.2) is 11.5 Å². The van der Waals surface area contributed by atoms with Crippen LogP contribution in [0.1, 0.15) is 5.56 Å². The predicted octanol–water partition coefficient (Wildman–Crippen LogP) is 3.70. The number of aromatic nitrogens is 1. The van der Waals surface area contributed by atoms with Gasteiger partial charge >= 0.3 is 0 Å². The van der Waals surface area contributed by atoms with Crippen LogP contribution in [0.4, 0.5) is 5.69 Å². The number of rotatable bonds is 3. The van der Waals surface area contributed by atoms with Crippen molar-refractivity contribution >= 4 is 22.8 Å². The first-order valence-electron chi connectivity index (χ1n) is 6.53. The monoisotopic (exact) mass is 278 g/mol. The molecule has 4 heteroatoms. The Bertz CT molecular complexity index is 807. The van der Waals surface area contributed by atoms with Gasteiger partial charge in [0, 0.05) is 23.4 Å². The van der Waals surface area contributed by atoms with E-state index in [-0.39, 0.29) is 5.75 Å². The van der Waals surface area contributed by atoms with Crippen molar-refractivity contribution in [2.24, 2.45) is 4.99 Å². The number of pyridine rings is 1. The number of aliphatic imine (C=N–C) groups is 1. The molecule has 1 N–H and O–H groups in total. The van der Waals surface area contributed by atoms with Crippen molar-refractivity contribution < 1.29 is 9.84 Å². The molecule has 0 radical (unpaired) electrons. The van der Waals surface area contributed by atoms with Gasteiger partial charge in [0.1, 0.15) is 0 Å². The Hall–Kier alpha value is -2.88. The van der Waals surface area contributed by atoms with Gasteiger partial charge in [-0.25, -0.2) is 0 Å². The second-order valence-electron chi connectivity index (χ2n) is 4.51. The van der Waals surface area contributed by atoms with Crippen LogP contribution in [0.15, 0.2) is 59.7 Å². The third-order valence-corrected chi connectivity index (χ3v) is 3.20. The van der Waals surface area contributed by atoms with Crippen LogP contribution in [0.25, 0.3) is 10.9 Å². The normalized spacial score (nSPS) is 11.1. The largest absolute Gasteiger partial charge is 0.504 e. The lowest BCUT2D eigenvalue weighted by atomic mass is 10.2. The van der Waals surface area contributed by atoms with E-state index in [1.807, 2.05) is 30.3 Å². The van der Waals surface area contributed by atoms with Crippen LogP contribution in [0.2, 0.25) is 0 Å². The molecule has 0 amide bonds. The zero-order chi connectivity index (χ0) is 14.7. The van der Waals surface area contributed by atoms with Crippen LogP contribution in [0.5, 0.6) is 11.5 Å². The van der Waals surface area contributed by atoms with Crippen molar-refractivity contribution in [2.75, 3.05) is 7.11 Å². The van der Waals surface area contributed by atoms with Gasteiger partial charge in [-0.3, -0.25) is 9.98 Å². The number of aromatic hydroxyl groups is 1. The maximum Gasteiger partial charge on any atom is 0.166 e. The molecule has 0 unspecified atom stereocenters. The molecule has 2 aromatic carbocycles. The van der Waals surface area contributed by atoms with E-state index in [9.17, 15) is 5.11 Å². The van der Waals surface area contributed by atoms with Gasteiger partial charge in [-0.15, -0.1) is 0 Å². The van der Waals surface area contributed by atoms with Gasteiger partial charge in [0.25, 0.3) is 0 Å². The van der Waals surface area contributed by atoms with Crippen molar-refractivity contribution in [1.82, 2.24) is 4.98 Å². The molecule has 1 heterocycles. The Kier molecular flexibility index (Phi) is 3.51. The third kappa shape index (κ3) is 2.56. The first kappa shape index (κ1) is 13.1. The maximum atomic E-state index is 10.0. The molecule has 0 fully saturated rings. The summed E-state index contributed by atoms with van der Waals surface area (Å²) < 4.78 is 5.08. The summed E-state index contributed by atoms with van der Waals surface area (Å²) in [5.74, 6) is 0.506. The average molecular weight is 278 g/mol. The molecular formula is C17H14N2O2. The second-order valence-corrected chi connectivity index (χ2v) is 4.51. The topological polar surface area (TPSA) is 54.7 Å². The quantitative estimate of drug-likeness (QED) is 0.743. The summed E-state index contributed by atoms with van der Waals surface area (Å²) in [4.78, 5) is 8.79. The van der Waals surface area contributed by atoms with E-state index in [1.165, 1.54) is 7.11 Å². The number of phenolic OH excluding ortho intramolecular Hbond substituents is 1. The summed E-state index contributed by atoms with van der Waals surface area (Å²) in [6.07, 6.45) is 3.35. The first-order valence-corrected chi connectivity index (χ1v) is 6.53. The molecule has 0 saturated carbocycles. The molecule has 3 aromatic rings. The molecule has 3 rings (SSSR count). The average Bonchev–Trinajstić information content (AvgIpc) is 2.54. The summed E-state index contributed by atoms with van der Waals surface area (Å²) >= 11 is 0. The Labute approximate surface area is 122 Å². The molecule has 0 saturated heterocycles. The van der Waals surface area contributed by atoms with E-state index in [0.29, 0.717) is 11.3 Å². The number of phenols is 1. The zero-order valence-corrected chi connectivity index (χ0v) is 11.5. The third-order valence-electron chi connectivity index (χ3n) is 3.20. The number of fused-ring (bicyclic) bond motifs is 1. The van der Waals surface area contributed by atoms with E-state index >= 15 is 0 Å².